The van der Waals surface area contributed by atoms with Crippen molar-refractivity contribution in [3.63, 3.8) is 0 Å². The Kier molecular flexibility index (Phi) is 7.10. The SMILES string of the molecule is CC1(C)C=C(CN2CCCCC2)C(C)(C)N1[O].Cc1ccc(S(=O)(=O)O)cc1. The van der Waals surface area contributed by atoms with Crippen LogP contribution in [-0.4, -0.2) is 53.6 Å². The highest BCUT2D eigenvalue weighted by atomic mass is 32.2. The van der Waals surface area contributed by atoms with Crippen molar-refractivity contribution in [1.29, 1.82) is 0 Å². The fourth-order valence-corrected chi connectivity index (χ4v) is 4.30. The Morgan fingerprint density at radius 2 is 1.54 bits per heavy atom. The summed E-state index contributed by atoms with van der Waals surface area (Å²) in [6.45, 7) is 13.3. The summed E-state index contributed by atoms with van der Waals surface area (Å²) in [5, 5.41) is 13.5. The summed E-state index contributed by atoms with van der Waals surface area (Å²) in [5.41, 5.74) is 1.55. The molecule has 1 aromatic carbocycles. The zero-order chi connectivity index (χ0) is 21.2. The first kappa shape index (κ1) is 23.0. The number of rotatable bonds is 3. The van der Waals surface area contributed by atoms with Crippen molar-refractivity contribution >= 4 is 10.1 Å². The second kappa shape index (κ2) is 8.63. The monoisotopic (exact) mass is 409 g/mol. The van der Waals surface area contributed by atoms with E-state index in [9.17, 15) is 13.6 Å². The average Bonchev–Trinajstić information content (AvgIpc) is 2.75. The van der Waals surface area contributed by atoms with Crippen LogP contribution in [0.3, 0.4) is 0 Å². The van der Waals surface area contributed by atoms with E-state index >= 15 is 0 Å². The summed E-state index contributed by atoms with van der Waals surface area (Å²) in [6, 6.07) is 5.99. The minimum atomic E-state index is -4.02. The lowest BCUT2D eigenvalue weighted by Gasteiger charge is -2.36. The molecule has 0 bridgehead atoms. The van der Waals surface area contributed by atoms with Gasteiger partial charge in [0.2, 0.25) is 0 Å². The molecule has 0 amide bonds. The van der Waals surface area contributed by atoms with Gasteiger partial charge >= 0.3 is 0 Å². The summed E-state index contributed by atoms with van der Waals surface area (Å²) in [5.74, 6) is 0. The van der Waals surface area contributed by atoms with Crippen LogP contribution in [0.2, 0.25) is 0 Å². The average molecular weight is 410 g/mol. The number of nitrogens with zero attached hydrogens (tertiary/aromatic N) is 2. The molecule has 0 unspecified atom stereocenters. The molecule has 28 heavy (non-hydrogen) atoms. The van der Waals surface area contributed by atoms with Crippen LogP contribution in [0.1, 0.15) is 52.5 Å². The molecule has 157 valence electrons. The Labute approximate surface area is 169 Å². The van der Waals surface area contributed by atoms with Gasteiger partial charge in [-0.3, -0.25) is 9.45 Å². The maximum absolute atomic E-state index is 12.2. The molecule has 0 saturated carbocycles. The highest BCUT2D eigenvalue weighted by molar-refractivity contribution is 7.85. The minimum absolute atomic E-state index is 0.0666. The van der Waals surface area contributed by atoms with E-state index in [1.165, 1.54) is 55.1 Å². The molecule has 1 fully saturated rings. The highest BCUT2D eigenvalue weighted by Crippen LogP contribution is 2.39. The van der Waals surface area contributed by atoms with Crippen LogP contribution < -0.4 is 0 Å². The maximum Gasteiger partial charge on any atom is 0.294 e. The van der Waals surface area contributed by atoms with Crippen LogP contribution in [0.5, 0.6) is 0 Å². The summed E-state index contributed by atoms with van der Waals surface area (Å²) < 4.78 is 29.6. The number of benzene rings is 1. The molecule has 2 aliphatic heterocycles. The van der Waals surface area contributed by atoms with Gasteiger partial charge in [-0.2, -0.15) is 8.42 Å². The van der Waals surface area contributed by atoms with Gasteiger partial charge < -0.3 is 0 Å². The molecule has 0 aliphatic carbocycles. The first-order valence-electron chi connectivity index (χ1n) is 9.80. The van der Waals surface area contributed by atoms with Crippen molar-refractivity contribution in [3.05, 3.63) is 41.5 Å². The van der Waals surface area contributed by atoms with Crippen LogP contribution in [0.4, 0.5) is 0 Å². The van der Waals surface area contributed by atoms with Crippen LogP contribution in [0.25, 0.3) is 0 Å². The van der Waals surface area contributed by atoms with E-state index in [0.717, 1.165) is 12.1 Å². The van der Waals surface area contributed by atoms with Crippen LogP contribution in [0, 0.1) is 6.92 Å². The maximum atomic E-state index is 12.2. The molecule has 0 atom stereocenters. The summed E-state index contributed by atoms with van der Waals surface area (Å²) >= 11 is 0. The largest absolute Gasteiger partial charge is 0.299 e. The third kappa shape index (κ3) is 5.64. The molecule has 0 spiro atoms. The van der Waals surface area contributed by atoms with Crippen molar-refractivity contribution in [3.8, 4) is 0 Å². The molecule has 2 heterocycles. The quantitative estimate of drug-likeness (QED) is 0.606. The van der Waals surface area contributed by atoms with E-state index in [4.69, 9.17) is 4.55 Å². The molecular formula is C21H33N2O4S. The van der Waals surface area contributed by atoms with Gasteiger partial charge in [0.1, 0.15) is 0 Å². The minimum Gasteiger partial charge on any atom is -0.299 e. The van der Waals surface area contributed by atoms with Crippen molar-refractivity contribution in [1.82, 2.24) is 9.96 Å². The van der Waals surface area contributed by atoms with Gasteiger partial charge in [-0.05, 0) is 78.3 Å². The fourth-order valence-electron chi connectivity index (χ4n) is 3.82. The van der Waals surface area contributed by atoms with E-state index in [1.807, 2.05) is 34.6 Å². The van der Waals surface area contributed by atoms with Crippen LogP contribution in [0.15, 0.2) is 40.8 Å². The van der Waals surface area contributed by atoms with Crippen LogP contribution >= 0.6 is 0 Å². The second-order valence-electron chi connectivity index (χ2n) is 8.80. The molecular weight excluding hydrogens is 376 g/mol. The van der Waals surface area contributed by atoms with Gasteiger partial charge in [-0.15, -0.1) is 10.3 Å². The first-order valence-corrected chi connectivity index (χ1v) is 11.2. The highest BCUT2D eigenvalue weighted by Gasteiger charge is 2.46. The lowest BCUT2D eigenvalue weighted by Crippen LogP contribution is -2.48. The van der Waals surface area contributed by atoms with Gasteiger partial charge in [-0.1, -0.05) is 30.2 Å². The number of hydroxylamine groups is 2. The lowest BCUT2D eigenvalue weighted by molar-refractivity contribution is -0.239. The standard InChI is InChI=1S/C14H25N2O.C7H8O3S/c1-13(2)10-12(14(3,4)16(13)17)11-15-8-6-5-7-9-15;1-6-2-4-7(5-3-6)11(8,9)10/h10H,5-9,11H2,1-4H3;2-5H,1H3,(H,8,9,10). The molecule has 2 aliphatic rings. The third-order valence-electron chi connectivity index (χ3n) is 5.51. The predicted octanol–water partition coefficient (Wildman–Crippen LogP) is 3.86. The summed E-state index contributed by atoms with van der Waals surface area (Å²) in [4.78, 5) is 2.43. The smallest absolute Gasteiger partial charge is 0.294 e. The van der Waals surface area contributed by atoms with Crippen molar-refractivity contribution < 1.29 is 18.2 Å². The molecule has 1 N–H and O–H groups in total. The summed E-state index contributed by atoms with van der Waals surface area (Å²) in [6.07, 6.45) is 6.14. The second-order valence-corrected chi connectivity index (χ2v) is 10.2. The predicted molar refractivity (Wildman–Crippen MR) is 110 cm³/mol. The number of hydrogen-bond acceptors (Lipinski definition) is 4. The molecule has 7 heteroatoms. The number of hydrogen-bond donors (Lipinski definition) is 1. The lowest BCUT2D eigenvalue weighted by atomic mass is 9.95. The van der Waals surface area contributed by atoms with Gasteiger partial charge in [0.05, 0.1) is 16.0 Å². The van der Waals surface area contributed by atoms with Crippen molar-refractivity contribution in [2.75, 3.05) is 19.6 Å². The first-order chi connectivity index (χ1) is 12.8. The third-order valence-corrected chi connectivity index (χ3v) is 6.37. The number of aryl methyl sites for hydroxylation is 1. The van der Waals surface area contributed by atoms with Crippen molar-refractivity contribution in [2.45, 2.75) is 69.9 Å². The number of likely N-dealkylation sites (tertiary alicyclic amines) is 1. The molecule has 6 nitrogen and oxygen atoms in total. The normalized spacial score (nSPS) is 22.3. The Hall–Kier alpha value is -1.25. The molecule has 1 aromatic rings. The van der Waals surface area contributed by atoms with E-state index in [0.29, 0.717) is 0 Å². The fraction of sp³-hybridized carbons (Fsp3) is 0.619. The van der Waals surface area contributed by atoms with Gasteiger partial charge in [-0.25, -0.2) is 0 Å². The van der Waals surface area contributed by atoms with Crippen LogP contribution in [-0.2, 0) is 15.3 Å². The van der Waals surface area contributed by atoms with E-state index < -0.39 is 10.1 Å². The molecule has 1 saturated heterocycles. The van der Waals surface area contributed by atoms with E-state index in [1.54, 1.807) is 12.1 Å². The molecule has 1 radical (unpaired) electrons. The Morgan fingerprint density at radius 3 is 1.96 bits per heavy atom. The molecule has 3 rings (SSSR count). The molecule has 0 aromatic heterocycles. The van der Waals surface area contributed by atoms with Gasteiger partial charge in [0.25, 0.3) is 10.1 Å². The zero-order valence-corrected chi connectivity index (χ0v) is 18.4. The van der Waals surface area contributed by atoms with Crippen molar-refractivity contribution in [2.24, 2.45) is 0 Å². The van der Waals surface area contributed by atoms with E-state index in [2.05, 4.69) is 11.0 Å². The zero-order valence-electron chi connectivity index (χ0n) is 17.6. The Bertz CT molecular complexity index is 792. The van der Waals surface area contributed by atoms with Gasteiger partial charge in [0, 0.05) is 6.54 Å². The van der Waals surface area contributed by atoms with E-state index in [-0.39, 0.29) is 16.0 Å². The van der Waals surface area contributed by atoms with Gasteiger partial charge in [0.15, 0.2) is 0 Å². The number of piperidine rings is 1. The summed E-state index contributed by atoms with van der Waals surface area (Å²) in [7, 11) is -4.02. The Balaban J connectivity index is 0.000000221. The topological polar surface area (TPSA) is 80.8 Å². The Morgan fingerprint density at radius 1 is 1.00 bits per heavy atom.